The van der Waals surface area contributed by atoms with Gasteiger partial charge in [0.2, 0.25) is 0 Å². The molecule has 0 aliphatic carbocycles. The zero-order chi connectivity index (χ0) is 10.6. The Hall–Kier alpha value is -1.03. The molecule has 0 fully saturated rings. The van der Waals surface area contributed by atoms with Gasteiger partial charge in [-0.1, -0.05) is 31.9 Å². The number of H-pyrrole nitrogens is 1. The summed E-state index contributed by atoms with van der Waals surface area (Å²) in [5, 5.41) is 5.88. The van der Waals surface area contributed by atoms with Crippen molar-refractivity contribution in [2.75, 3.05) is 6.61 Å². The van der Waals surface area contributed by atoms with E-state index in [1.165, 1.54) is 6.20 Å². The van der Waals surface area contributed by atoms with Crippen LogP contribution in [0.2, 0.25) is 5.02 Å². The number of hydrogen-bond acceptors (Lipinski definition) is 3. The summed E-state index contributed by atoms with van der Waals surface area (Å²) in [5.41, 5.74) is -0.423. The Morgan fingerprint density at radius 3 is 3.07 bits per heavy atom. The molecular weight excluding hydrogens is 204 g/mol. The Morgan fingerprint density at radius 2 is 2.43 bits per heavy atom. The first-order valence-electron chi connectivity index (χ1n) is 4.51. The number of nitrogens with one attached hydrogen (secondary N) is 1. The van der Waals surface area contributed by atoms with Crippen LogP contribution in [-0.4, -0.2) is 16.8 Å². The van der Waals surface area contributed by atoms with E-state index in [-0.39, 0.29) is 5.02 Å². The molecule has 0 saturated carbocycles. The van der Waals surface area contributed by atoms with Crippen LogP contribution >= 0.6 is 11.6 Å². The molecular formula is C9H13ClN2O2. The fourth-order valence-corrected chi connectivity index (χ4v) is 0.963. The lowest BCUT2D eigenvalue weighted by atomic mass is 10.1. The summed E-state index contributed by atoms with van der Waals surface area (Å²) < 4.78 is 5.36. The smallest absolute Gasteiger partial charge is 0.286 e. The summed E-state index contributed by atoms with van der Waals surface area (Å²) in [4.78, 5) is 11.0. The first kappa shape index (κ1) is 11.0. The second-order valence-electron chi connectivity index (χ2n) is 3.20. The average Bonchev–Trinajstić information content (AvgIpc) is 2.20. The number of halogens is 1. The lowest BCUT2D eigenvalue weighted by Gasteiger charge is -2.10. The van der Waals surface area contributed by atoms with Crippen molar-refractivity contribution < 1.29 is 4.74 Å². The van der Waals surface area contributed by atoms with Crippen LogP contribution in [0.4, 0.5) is 0 Å². The molecule has 4 nitrogen and oxygen atoms in total. The number of nitrogens with zero attached hydrogens (tertiary/aromatic N) is 1. The van der Waals surface area contributed by atoms with E-state index in [1.807, 2.05) is 0 Å². The van der Waals surface area contributed by atoms with Gasteiger partial charge in [0.1, 0.15) is 0 Å². The second-order valence-corrected chi connectivity index (χ2v) is 3.58. The number of hydrogen-bond donors (Lipinski definition) is 1. The molecule has 1 heterocycles. The summed E-state index contributed by atoms with van der Waals surface area (Å²) >= 11 is 5.71. The van der Waals surface area contributed by atoms with Gasteiger partial charge in [-0.15, -0.1) is 0 Å². The maximum atomic E-state index is 11.0. The maximum absolute atomic E-state index is 11.0. The predicted octanol–water partition coefficient (Wildman–Crippen LogP) is 1.85. The molecule has 0 amide bonds. The zero-order valence-corrected chi connectivity index (χ0v) is 8.97. The van der Waals surface area contributed by atoms with Crippen molar-refractivity contribution in [2.24, 2.45) is 5.92 Å². The summed E-state index contributed by atoms with van der Waals surface area (Å²) in [7, 11) is 0. The van der Waals surface area contributed by atoms with E-state index in [4.69, 9.17) is 16.3 Å². The predicted molar refractivity (Wildman–Crippen MR) is 54.8 cm³/mol. The first-order chi connectivity index (χ1) is 6.65. The van der Waals surface area contributed by atoms with Gasteiger partial charge in [0.05, 0.1) is 12.8 Å². The molecule has 0 saturated heterocycles. The molecule has 0 spiro atoms. The van der Waals surface area contributed by atoms with Crippen LogP contribution in [0, 0.1) is 5.92 Å². The molecule has 1 aromatic heterocycles. The van der Waals surface area contributed by atoms with Gasteiger partial charge in [-0.05, 0) is 5.92 Å². The van der Waals surface area contributed by atoms with Gasteiger partial charge < -0.3 is 4.74 Å². The van der Waals surface area contributed by atoms with Gasteiger partial charge in [-0.2, -0.15) is 5.10 Å². The van der Waals surface area contributed by atoms with E-state index in [1.54, 1.807) is 0 Å². The molecule has 0 bridgehead atoms. The van der Waals surface area contributed by atoms with Crippen LogP contribution in [0.15, 0.2) is 11.0 Å². The third-order valence-corrected chi connectivity index (χ3v) is 2.34. The SMILES string of the molecule is CCC(C)COc1cn[nH]c(=O)c1Cl. The van der Waals surface area contributed by atoms with Gasteiger partial charge in [0.15, 0.2) is 10.8 Å². The molecule has 0 aromatic carbocycles. The van der Waals surface area contributed by atoms with E-state index >= 15 is 0 Å². The second kappa shape index (κ2) is 5.00. The molecule has 1 atom stereocenters. The minimum atomic E-state index is -0.423. The highest BCUT2D eigenvalue weighted by Crippen LogP contribution is 2.18. The summed E-state index contributed by atoms with van der Waals surface area (Å²) in [6.07, 6.45) is 2.43. The first-order valence-corrected chi connectivity index (χ1v) is 4.89. The summed E-state index contributed by atoms with van der Waals surface area (Å²) in [6.45, 7) is 4.68. The van der Waals surface area contributed by atoms with Gasteiger partial charge in [-0.25, -0.2) is 5.10 Å². The van der Waals surface area contributed by atoms with Gasteiger partial charge in [-0.3, -0.25) is 4.79 Å². The lowest BCUT2D eigenvalue weighted by Crippen LogP contribution is -2.13. The molecule has 1 unspecified atom stereocenters. The van der Waals surface area contributed by atoms with Crippen LogP contribution in [0.3, 0.4) is 0 Å². The fraction of sp³-hybridized carbons (Fsp3) is 0.556. The Labute approximate surface area is 87.2 Å². The van der Waals surface area contributed by atoms with E-state index < -0.39 is 5.56 Å². The quantitative estimate of drug-likeness (QED) is 0.836. The van der Waals surface area contributed by atoms with Crippen molar-refractivity contribution in [3.8, 4) is 5.75 Å². The van der Waals surface area contributed by atoms with Crippen LogP contribution in [0.5, 0.6) is 5.75 Å². The third kappa shape index (κ3) is 2.73. The normalized spacial score (nSPS) is 12.5. The zero-order valence-electron chi connectivity index (χ0n) is 8.21. The van der Waals surface area contributed by atoms with E-state index in [0.29, 0.717) is 18.3 Å². The lowest BCUT2D eigenvalue weighted by molar-refractivity contribution is 0.255. The molecule has 0 aliphatic heterocycles. The average molecular weight is 217 g/mol. The van der Waals surface area contributed by atoms with E-state index in [0.717, 1.165) is 6.42 Å². The number of ether oxygens (including phenoxy) is 1. The molecule has 78 valence electrons. The van der Waals surface area contributed by atoms with Crippen LogP contribution in [0.1, 0.15) is 20.3 Å². The highest BCUT2D eigenvalue weighted by Gasteiger charge is 2.07. The highest BCUT2D eigenvalue weighted by atomic mass is 35.5. The molecule has 1 rings (SSSR count). The highest BCUT2D eigenvalue weighted by molar-refractivity contribution is 6.31. The van der Waals surface area contributed by atoms with Crippen LogP contribution in [-0.2, 0) is 0 Å². The molecule has 0 radical (unpaired) electrons. The van der Waals surface area contributed by atoms with E-state index in [2.05, 4.69) is 24.0 Å². The van der Waals surface area contributed by atoms with Crippen molar-refractivity contribution in [3.05, 3.63) is 21.6 Å². The Bertz CT molecular complexity index is 351. The Morgan fingerprint density at radius 1 is 1.71 bits per heavy atom. The summed E-state index contributed by atoms with van der Waals surface area (Å²) in [6, 6.07) is 0. The number of rotatable bonds is 4. The van der Waals surface area contributed by atoms with Crippen molar-refractivity contribution in [3.63, 3.8) is 0 Å². The maximum Gasteiger partial charge on any atom is 0.286 e. The number of aromatic amines is 1. The molecule has 14 heavy (non-hydrogen) atoms. The van der Waals surface area contributed by atoms with Crippen molar-refractivity contribution in [1.82, 2.24) is 10.2 Å². The minimum absolute atomic E-state index is 0.0586. The largest absolute Gasteiger partial charge is 0.490 e. The fourth-order valence-electron chi connectivity index (χ4n) is 0.818. The molecule has 5 heteroatoms. The monoisotopic (exact) mass is 216 g/mol. The van der Waals surface area contributed by atoms with Gasteiger partial charge in [0.25, 0.3) is 5.56 Å². The summed E-state index contributed by atoms with van der Waals surface area (Å²) in [5.74, 6) is 0.779. The van der Waals surface area contributed by atoms with Crippen LogP contribution in [0.25, 0.3) is 0 Å². The molecule has 0 aliphatic rings. The third-order valence-electron chi connectivity index (χ3n) is 1.98. The topological polar surface area (TPSA) is 55.0 Å². The van der Waals surface area contributed by atoms with Crippen molar-refractivity contribution >= 4 is 11.6 Å². The van der Waals surface area contributed by atoms with Gasteiger partial charge in [0, 0.05) is 0 Å². The standard InChI is InChI=1S/C9H13ClN2O2/c1-3-6(2)5-14-7-4-11-12-9(13)8(7)10/h4,6H,3,5H2,1-2H3,(H,12,13). The molecule has 1 N–H and O–H groups in total. The van der Waals surface area contributed by atoms with E-state index in [9.17, 15) is 4.79 Å². The van der Waals surface area contributed by atoms with Crippen LogP contribution < -0.4 is 10.3 Å². The molecule has 1 aromatic rings. The Balaban J connectivity index is 2.68. The Kier molecular flexibility index (Phi) is 3.95. The van der Waals surface area contributed by atoms with Crippen molar-refractivity contribution in [1.29, 1.82) is 0 Å². The van der Waals surface area contributed by atoms with Crippen molar-refractivity contribution in [2.45, 2.75) is 20.3 Å². The minimum Gasteiger partial charge on any atom is -0.490 e. The van der Waals surface area contributed by atoms with Gasteiger partial charge >= 0.3 is 0 Å². The number of aromatic nitrogens is 2.